The highest BCUT2D eigenvalue weighted by atomic mass is 16.4. The van der Waals surface area contributed by atoms with E-state index < -0.39 is 23.9 Å². The molecular weight excluding hydrogens is 288 g/mol. The number of benzene rings is 1. The SMILES string of the molecule is O=C(O)CCC(=O)NC(Cc1c[nH]c2ccccc12)C(=O)O. The van der Waals surface area contributed by atoms with Crippen LogP contribution in [-0.2, 0) is 20.8 Å². The van der Waals surface area contributed by atoms with Crippen molar-refractivity contribution < 1.29 is 24.6 Å². The van der Waals surface area contributed by atoms with Crippen LogP contribution in [0.3, 0.4) is 0 Å². The first-order chi connectivity index (χ1) is 10.5. The summed E-state index contributed by atoms with van der Waals surface area (Å²) in [5.74, 6) is -2.85. The summed E-state index contributed by atoms with van der Waals surface area (Å²) in [6, 6.07) is 6.36. The number of hydrogen-bond acceptors (Lipinski definition) is 3. The number of carboxylic acid groups (broad SMARTS) is 2. The number of hydrogen-bond donors (Lipinski definition) is 4. The first-order valence-corrected chi connectivity index (χ1v) is 6.76. The van der Waals surface area contributed by atoms with E-state index in [0.29, 0.717) is 0 Å². The molecule has 4 N–H and O–H groups in total. The molecule has 22 heavy (non-hydrogen) atoms. The van der Waals surface area contributed by atoms with E-state index in [0.717, 1.165) is 16.5 Å². The minimum absolute atomic E-state index is 0.123. The molecule has 0 fully saturated rings. The quantitative estimate of drug-likeness (QED) is 0.611. The van der Waals surface area contributed by atoms with Gasteiger partial charge < -0.3 is 20.5 Å². The third kappa shape index (κ3) is 3.85. The lowest BCUT2D eigenvalue weighted by Gasteiger charge is -2.14. The number of carbonyl (C=O) groups excluding carboxylic acids is 1. The lowest BCUT2D eigenvalue weighted by molar-refractivity contribution is -0.142. The Labute approximate surface area is 125 Å². The van der Waals surface area contributed by atoms with Gasteiger partial charge in [0.15, 0.2) is 0 Å². The molecule has 1 atom stereocenters. The van der Waals surface area contributed by atoms with Crippen LogP contribution in [0.2, 0.25) is 0 Å². The zero-order chi connectivity index (χ0) is 16.1. The molecule has 0 saturated carbocycles. The summed E-state index contributed by atoms with van der Waals surface area (Å²) in [5.41, 5.74) is 1.67. The molecule has 1 aromatic heterocycles. The van der Waals surface area contributed by atoms with Gasteiger partial charge in [-0.05, 0) is 11.6 Å². The number of aromatic amines is 1. The highest BCUT2D eigenvalue weighted by molar-refractivity contribution is 5.87. The fourth-order valence-corrected chi connectivity index (χ4v) is 2.21. The maximum atomic E-state index is 11.6. The van der Waals surface area contributed by atoms with E-state index in [1.807, 2.05) is 24.3 Å². The van der Waals surface area contributed by atoms with Gasteiger partial charge in [0.25, 0.3) is 0 Å². The molecule has 7 nitrogen and oxygen atoms in total. The molecule has 0 radical (unpaired) electrons. The van der Waals surface area contributed by atoms with Crippen LogP contribution in [0.5, 0.6) is 0 Å². The molecule has 0 aliphatic rings. The highest BCUT2D eigenvalue weighted by Crippen LogP contribution is 2.19. The maximum absolute atomic E-state index is 11.6. The van der Waals surface area contributed by atoms with Crippen molar-refractivity contribution in [2.24, 2.45) is 0 Å². The van der Waals surface area contributed by atoms with Gasteiger partial charge in [-0.25, -0.2) is 4.79 Å². The van der Waals surface area contributed by atoms with Gasteiger partial charge in [0.2, 0.25) is 5.91 Å². The van der Waals surface area contributed by atoms with Gasteiger partial charge in [0.1, 0.15) is 6.04 Å². The summed E-state index contributed by atoms with van der Waals surface area (Å²) in [4.78, 5) is 36.4. The van der Waals surface area contributed by atoms with Crippen LogP contribution in [0.4, 0.5) is 0 Å². The predicted molar refractivity (Wildman–Crippen MR) is 78.4 cm³/mol. The van der Waals surface area contributed by atoms with E-state index >= 15 is 0 Å². The van der Waals surface area contributed by atoms with Crippen molar-refractivity contribution in [3.05, 3.63) is 36.0 Å². The fraction of sp³-hybridized carbons (Fsp3) is 0.267. The predicted octanol–water partition coefficient (Wildman–Crippen LogP) is 1.14. The minimum Gasteiger partial charge on any atom is -0.481 e. The monoisotopic (exact) mass is 304 g/mol. The van der Waals surface area contributed by atoms with E-state index in [-0.39, 0.29) is 19.3 Å². The summed E-state index contributed by atoms with van der Waals surface area (Å²) in [6.07, 6.45) is 1.26. The van der Waals surface area contributed by atoms with Crippen LogP contribution in [0.1, 0.15) is 18.4 Å². The molecule has 0 aliphatic heterocycles. The van der Waals surface area contributed by atoms with Crippen LogP contribution < -0.4 is 5.32 Å². The molecule has 0 spiro atoms. The molecule has 0 bridgehead atoms. The second kappa shape index (κ2) is 6.75. The first-order valence-electron chi connectivity index (χ1n) is 6.76. The van der Waals surface area contributed by atoms with Crippen LogP contribution in [0.15, 0.2) is 30.5 Å². The zero-order valence-electron chi connectivity index (χ0n) is 11.7. The summed E-state index contributed by atoms with van der Waals surface area (Å²) >= 11 is 0. The van der Waals surface area contributed by atoms with Crippen molar-refractivity contribution in [3.8, 4) is 0 Å². The Hall–Kier alpha value is -2.83. The molecule has 1 heterocycles. The fourth-order valence-electron chi connectivity index (χ4n) is 2.21. The first kappa shape index (κ1) is 15.6. The number of amides is 1. The van der Waals surface area contributed by atoms with Gasteiger partial charge in [0, 0.05) is 29.9 Å². The van der Waals surface area contributed by atoms with E-state index in [4.69, 9.17) is 5.11 Å². The number of aliphatic carboxylic acids is 2. The number of H-pyrrole nitrogens is 1. The van der Waals surface area contributed by atoms with Gasteiger partial charge in [-0.15, -0.1) is 0 Å². The molecule has 1 aromatic carbocycles. The van der Waals surface area contributed by atoms with Crippen molar-refractivity contribution in [1.82, 2.24) is 10.3 Å². The third-order valence-electron chi connectivity index (χ3n) is 3.30. The molecule has 1 unspecified atom stereocenters. The molecule has 1 amide bonds. The average molecular weight is 304 g/mol. The van der Waals surface area contributed by atoms with E-state index in [1.54, 1.807) is 6.20 Å². The Kier molecular flexibility index (Phi) is 4.77. The summed E-state index contributed by atoms with van der Waals surface area (Å²) in [6.45, 7) is 0. The number of rotatable bonds is 7. The maximum Gasteiger partial charge on any atom is 0.326 e. The largest absolute Gasteiger partial charge is 0.481 e. The molecule has 0 aliphatic carbocycles. The van der Waals surface area contributed by atoms with Crippen molar-refractivity contribution in [2.75, 3.05) is 0 Å². The van der Waals surface area contributed by atoms with E-state index in [1.165, 1.54) is 0 Å². The lowest BCUT2D eigenvalue weighted by Crippen LogP contribution is -2.42. The second-order valence-corrected chi connectivity index (χ2v) is 4.92. The van der Waals surface area contributed by atoms with Crippen molar-refractivity contribution >= 4 is 28.7 Å². The number of aromatic nitrogens is 1. The third-order valence-corrected chi connectivity index (χ3v) is 3.30. The zero-order valence-corrected chi connectivity index (χ0v) is 11.7. The van der Waals surface area contributed by atoms with E-state index in [2.05, 4.69) is 10.3 Å². The molecule has 2 aromatic rings. The minimum atomic E-state index is -1.16. The van der Waals surface area contributed by atoms with Crippen LogP contribution in [0, 0.1) is 0 Å². The Morgan fingerprint density at radius 1 is 1.14 bits per heavy atom. The Balaban J connectivity index is 2.07. The van der Waals surface area contributed by atoms with Crippen LogP contribution in [0.25, 0.3) is 10.9 Å². The van der Waals surface area contributed by atoms with E-state index in [9.17, 15) is 19.5 Å². The van der Waals surface area contributed by atoms with Crippen LogP contribution in [-0.4, -0.2) is 39.1 Å². The normalized spacial score (nSPS) is 12.0. The average Bonchev–Trinajstić information content (AvgIpc) is 2.87. The van der Waals surface area contributed by atoms with Gasteiger partial charge in [-0.3, -0.25) is 9.59 Å². The van der Waals surface area contributed by atoms with Gasteiger partial charge in [0.05, 0.1) is 6.42 Å². The summed E-state index contributed by atoms with van der Waals surface area (Å²) in [5, 5.41) is 21.0. The Morgan fingerprint density at radius 2 is 1.86 bits per heavy atom. The Bertz CT molecular complexity index is 707. The van der Waals surface area contributed by atoms with Gasteiger partial charge >= 0.3 is 11.9 Å². The highest BCUT2D eigenvalue weighted by Gasteiger charge is 2.22. The molecule has 116 valence electrons. The summed E-state index contributed by atoms with van der Waals surface area (Å²) < 4.78 is 0. The van der Waals surface area contributed by atoms with Crippen molar-refractivity contribution in [3.63, 3.8) is 0 Å². The van der Waals surface area contributed by atoms with Gasteiger partial charge in [-0.2, -0.15) is 0 Å². The smallest absolute Gasteiger partial charge is 0.326 e. The van der Waals surface area contributed by atoms with Gasteiger partial charge in [-0.1, -0.05) is 18.2 Å². The number of carbonyl (C=O) groups is 3. The van der Waals surface area contributed by atoms with Crippen molar-refractivity contribution in [2.45, 2.75) is 25.3 Å². The Morgan fingerprint density at radius 3 is 2.55 bits per heavy atom. The van der Waals surface area contributed by atoms with Crippen molar-refractivity contribution in [1.29, 1.82) is 0 Å². The molecule has 0 saturated heterocycles. The number of carboxylic acids is 2. The summed E-state index contributed by atoms with van der Waals surface area (Å²) in [7, 11) is 0. The lowest BCUT2D eigenvalue weighted by atomic mass is 10.0. The molecular formula is C15H16N2O5. The topological polar surface area (TPSA) is 119 Å². The number of para-hydroxylation sites is 1. The number of fused-ring (bicyclic) bond motifs is 1. The molecule has 7 heteroatoms. The second-order valence-electron chi connectivity index (χ2n) is 4.92. The molecule has 2 rings (SSSR count). The van der Waals surface area contributed by atoms with Crippen LogP contribution >= 0.6 is 0 Å². The number of nitrogens with one attached hydrogen (secondary N) is 2. The standard InChI is InChI=1S/C15H16N2O5/c18-13(5-6-14(19)20)17-12(15(21)22)7-9-8-16-11-4-2-1-3-10(9)11/h1-4,8,12,16H,5-7H2,(H,17,18)(H,19,20)(H,21,22).